The molecule has 4 N–H and O–H groups in total. The van der Waals surface area contributed by atoms with Crippen LogP contribution in [0.3, 0.4) is 0 Å². The third-order valence-electron chi connectivity index (χ3n) is 2.48. The molecule has 7 heteroatoms. The van der Waals surface area contributed by atoms with Gasteiger partial charge in [-0.25, -0.2) is 13.1 Å². The summed E-state index contributed by atoms with van der Waals surface area (Å²) in [6.07, 6.45) is 0.119. The average molecular weight is 275 g/mol. The lowest BCUT2D eigenvalue weighted by Crippen LogP contribution is -2.38. The van der Waals surface area contributed by atoms with Gasteiger partial charge in [-0.15, -0.1) is 0 Å². The minimum absolute atomic E-state index is 0.0427. The number of benzene rings is 1. The number of aliphatic hydroxyl groups is 2. The van der Waals surface area contributed by atoms with E-state index in [9.17, 15) is 13.5 Å². The minimum atomic E-state index is -3.83. The Hall–Kier alpha value is -1.15. The van der Waals surface area contributed by atoms with Crippen molar-refractivity contribution in [3.63, 3.8) is 0 Å². The first-order valence-corrected chi connectivity index (χ1v) is 6.92. The molecule has 0 unspecified atom stereocenters. The first kappa shape index (κ1) is 14.9. The van der Waals surface area contributed by atoms with Gasteiger partial charge in [0.05, 0.1) is 11.5 Å². The third-order valence-corrected chi connectivity index (χ3v) is 4.14. The first-order valence-electron chi connectivity index (χ1n) is 5.44. The second kappa shape index (κ2) is 6.14. The Labute approximate surface area is 106 Å². The zero-order chi connectivity index (χ0) is 13.8. The van der Waals surface area contributed by atoms with E-state index in [2.05, 4.69) is 4.72 Å². The van der Waals surface area contributed by atoms with Crippen molar-refractivity contribution in [1.82, 2.24) is 4.72 Å². The maximum absolute atomic E-state index is 12.0. The summed E-state index contributed by atoms with van der Waals surface area (Å²) >= 11 is 0. The molecule has 0 radical (unpaired) electrons. The van der Waals surface area contributed by atoms with Crippen molar-refractivity contribution in [3.05, 3.63) is 23.8 Å². The number of sulfonamides is 1. The van der Waals surface area contributed by atoms with Gasteiger partial charge in [-0.3, -0.25) is 0 Å². The Bertz CT molecular complexity index is 500. The van der Waals surface area contributed by atoms with E-state index in [0.29, 0.717) is 5.56 Å². The molecule has 0 aliphatic heterocycles. The lowest BCUT2D eigenvalue weighted by atomic mass is 10.2. The summed E-state index contributed by atoms with van der Waals surface area (Å²) in [6, 6.07) is 3.28. The molecule has 1 aromatic rings. The third kappa shape index (κ3) is 3.67. The summed E-state index contributed by atoms with van der Waals surface area (Å²) < 4.78 is 26.3. The Balaban J connectivity index is 3.02. The van der Waals surface area contributed by atoms with Gasteiger partial charge in [-0.2, -0.15) is 0 Å². The zero-order valence-corrected chi connectivity index (χ0v) is 10.8. The molecule has 1 aromatic carbocycles. The quantitative estimate of drug-likeness (QED) is 0.571. The lowest BCUT2D eigenvalue weighted by Gasteiger charge is -2.16. The number of aryl methyl sites for hydroxylation is 1. The van der Waals surface area contributed by atoms with Crippen molar-refractivity contribution < 1.29 is 23.7 Å². The van der Waals surface area contributed by atoms with Crippen LogP contribution in [0.5, 0.6) is 5.75 Å². The van der Waals surface area contributed by atoms with E-state index >= 15 is 0 Å². The number of hydrogen-bond acceptors (Lipinski definition) is 5. The average Bonchev–Trinajstić information content (AvgIpc) is 2.31. The Morgan fingerprint density at radius 1 is 1.33 bits per heavy atom. The summed E-state index contributed by atoms with van der Waals surface area (Å²) in [4.78, 5) is -0.0427. The maximum atomic E-state index is 12.0. The van der Waals surface area contributed by atoms with Gasteiger partial charge in [-0.05, 0) is 25.0 Å². The molecule has 0 fully saturated rings. The van der Waals surface area contributed by atoms with E-state index in [0.717, 1.165) is 6.07 Å². The summed E-state index contributed by atoms with van der Waals surface area (Å²) in [5.74, 6) is -0.149. The second-order valence-electron chi connectivity index (χ2n) is 3.96. The zero-order valence-electron chi connectivity index (χ0n) is 10.00. The molecule has 0 saturated carbocycles. The topological polar surface area (TPSA) is 107 Å². The first-order chi connectivity index (χ1) is 8.40. The van der Waals surface area contributed by atoms with Crippen molar-refractivity contribution in [2.45, 2.75) is 24.3 Å². The van der Waals surface area contributed by atoms with Crippen LogP contribution in [0.4, 0.5) is 0 Å². The molecule has 1 atom stereocenters. The SMILES string of the molecule is Cc1ccc(O)cc1S(=O)(=O)N[C@H](CO)CCO. The molecule has 0 aliphatic carbocycles. The maximum Gasteiger partial charge on any atom is 0.241 e. The molecular weight excluding hydrogens is 258 g/mol. The Morgan fingerprint density at radius 3 is 2.56 bits per heavy atom. The van der Waals surface area contributed by atoms with E-state index in [1.54, 1.807) is 6.92 Å². The van der Waals surface area contributed by atoms with Crippen LogP contribution in [0.15, 0.2) is 23.1 Å². The lowest BCUT2D eigenvalue weighted by molar-refractivity contribution is 0.213. The van der Waals surface area contributed by atoms with E-state index in [1.165, 1.54) is 12.1 Å². The minimum Gasteiger partial charge on any atom is -0.508 e. The summed E-state index contributed by atoms with van der Waals surface area (Å²) in [7, 11) is -3.83. The molecule has 0 heterocycles. The largest absolute Gasteiger partial charge is 0.508 e. The summed E-state index contributed by atoms with van der Waals surface area (Å²) in [6.45, 7) is 0.971. The highest BCUT2D eigenvalue weighted by Crippen LogP contribution is 2.20. The number of aliphatic hydroxyl groups excluding tert-OH is 2. The Morgan fingerprint density at radius 2 is 2.00 bits per heavy atom. The molecule has 0 saturated heterocycles. The molecule has 0 amide bonds. The van der Waals surface area contributed by atoms with Crippen molar-refractivity contribution in [1.29, 1.82) is 0 Å². The van der Waals surface area contributed by atoms with Crippen LogP contribution in [0.1, 0.15) is 12.0 Å². The molecule has 102 valence electrons. The van der Waals surface area contributed by atoms with Crippen LogP contribution >= 0.6 is 0 Å². The van der Waals surface area contributed by atoms with Gasteiger partial charge >= 0.3 is 0 Å². The van der Waals surface area contributed by atoms with Crippen molar-refractivity contribution in [2.75, 3.05) is 13.2 Å². The van der Waals surface area contributed by atoms with Crippen molar-refractivity contribution in [3.8, 4) is 5.75 Å². The van der Waals surface area contributed by atoms with E-state index < -0.39 is 22.7 Å². The number of nitrogens with one attached hydrogen (secondary N) is 1. The highest BCUT2D eigenvalue weighted by molar-refractivity contribution is 7.89. The van der Waals surface area contributed by atoms with Gasteiger partial charge in [-0.1, -0.05) is 6.07 Å². The molecule has 0 bridgehead atoms. The van der Waals surface area contributed by atoms with Crippen LogP contribution in [0.2, 0.25) is 0 Å². The number of rotatable bonds is 6. The van der Waals surface area contributed by atoms with E-state index in [-0.39, 0.29) is 23.7 Å². The van der Waals surface area contributed by atoms with Gasteiger partial charge in [0.15, 0.2) is 0 Å². The summed E-state index contributed by atoms with van der Waals surface area (Å²) in [5.41, 5.74) is 0.487. The van der Waals surface area contributed by atoms with Crippen LogP contribution in [0, 0.1) is 6.92 Å². The smallest absolute Gasteiger partial charge is 0.241 e. The van der Waals surface area contributed by atoms with Crippen molar-refractivity contribution in [2.24, 2.45) is 0 Å². The fourth-order valence-electron chi connectivity index (χ4n) is 1.50. The number of phenols is 1. The number of phenolic OH excluding ortho intramolecular Hbond substituents is 1. The molecule has 0 spiro atoms. The normalized spacial score (nSPS) is 13.5. The van der Waals surface area contributed by atoms with Crippen LogP contribution in [0.25, 0.3) is 0 Å². The van der Waals surface area contributed by atoms with E-state index in [1.807, 2.05) is 0 Å². The predicted molar refractivity (Wildman–Crippen MR) is 65.7 cm³/mol. The standard InChI is InChI=1S/C11H17NO5S/c1-8-2-3-10(15)6-11(8)18(16,17)12-9(7-14)4-5-13/h2-3,6,9,12-15H,4-5,7H2,1H3/t9-/m0/s1. The fraction of sp³-hybridized carbons (Fsp3) is 0.455. The van der Waals surface area contributed by atoms with Crippen LogP contribution in [-0.2, 0) is 10.0 Å². The van der Waals surface area contributed by atoms with Gasteiger partial charge in [0, 0.05) is 18.7 Å². The molecule has 18 heavy (non-hydrogen) atoms. The van der Waals surface area contributed by atoms with Crippen molar-refractivity contribution >= 4 is 10.0 Å². The predicted octanol–water partition coefficient (Wildman–Crippen LogP) is -0.278. The van der Waals surface area contributed by atoms with Gasteiger partial charge in [0.1, 0.15) is 5.75 Å². The van der Waals surface area contributed by atoms with Crippen LogP contribution in [-0.4, -0.2) is 43.0 Å². The molecule has 0 aromatic heterocycles. The number of hydrogen-bond donors (Lipinski definition) is 4. The molecule has 1 rings (SSSR count). The fourth-order valence-corrected chi connectivity index (χ4v) is 3.03. The number of aromatic hydroxyl groups is 1. The van der Waals surface area contributed by atoms with Gasteiger partial charge < -0.3 is 15.3 Å². The molecule has 6 nitrogen and oxygen atoms in total. The second-order valence-corrected chi connectivity index (χ2v) is 5.65. The highest BCUT2D eigenvalue weighted by atomic mass is 32.2. The Kier molecular flexibility index (Phi) is 5.09. The summed E-state index contributed by atoms with van der Waals surface area (Å²) in [5, 5.41) is 27.1. The highest BCUT2D eigenvalue weighted by Gasteiger charge is 2.21. The van der Waals surface area contributed by atoms with Gasteiger partial charge in [0.2, 0.25) is 10.0 Å². The van der Waals surface area contributed by atoms with E-state index in [4.69, 9.17) is 10.2 Å². The molecular formula is C11H17NO5S. The van der Waals surface area contributed by atoms with Crippen LogP contribution < -0.4 is 4.72 Å². The van der Waals surface area contributed by atoms with Gasteiger partial charge in [0.25, 0.3) is 0 Å². The monoisotopic (exact) mass is 275 g/mol. The molecule has 0 aliphatic rings.